The Hall–Kier alpha value is -2.09. The first-order valence-corrected chi connectivity index (χ1v) is 11.6. The molecule has 2 aromatic rings. The maximum Gasteiger partial charge on any atom is 0.266 e. The molecule has 0 amide bonds. The molecule has 1 aliphatic carbocycles. The van der Waals surface area contributed by atoms with Crippen LogP contribution in [0.15, 0.2) is 64.7 Å². The smallest absolute Gasteiger partial charge is 0.266 e. The van der Waals surface area contributed by atoms with Crippen molar-refractivity contribution in [1.29, 1.82) is 0 Å². The van der Waals surface area contributed by atoms with Crippen LogP contribution in [-0.2, 0) is 10.0 Å². The van der Waals surface area contributed by atoms with Crippen LogP contribution < -0.4 is 10.1 Å². The summed E-state index contributed by atoms with van der Waals surface area (Å²) in [4.78, 5) is 0.157. The molecule has 2 aliphatic rings. The topological polar surface area (TPSA) is 58.6 Å². The summed E-state index contributed by atoms with van der Waals surface area (Å²) < 4.78 is 33.8. The molecule has 0 spiro atoms. The molecule has 0 saturated carbocycles. The van der Waals surface area contributed by atoms with Crippen molar-refractivity contribution in [3.63, 3.8) is 0 Å². The molecule has 8 heteroatoms. The molecular weight excluding hydrogens is 428 g/mol. The van der Waals surface area contributed by atoms with E-state index in [2.05, 4.69) is 5.32 Å². The van der Waals surface area contributed by atoms with Gasteiger partial charge in [0, 0.05) is 10.7 Å². The number of thiocarbonyl (C=S) groups is 1. The van der Waals surface area contributed by atoms with Crippen LogP contribution in [-0.4, -0.2) is 24.9 Å². The van der Waals surface area contributed by atoms with Crippen molar-refractivity contribution in [3.05, 3.63) is 70.4 Å². The second-order valence-electron chi connectivity index (χ2n) is 7.07. The molecular formula is C21H21ClN2O3S2. The molecule has 1 unspecified atom stereocenters. The first-order chi connectivity index (χ1) is 13.9. The van der Waals surface area contributed by atoms with Gasteiger partial charge in [-0.2, -0.15) is 0 Å². The summed E-state index contributed by atoms with van der Waals surface area (Å²) in [6.07, 6.45) is 3.79. The zero-order valence-corrected chi connectivity index (χ0v) is 18.3. The van der Waals surface area contributed by atoms with E-state index in [0.29, 0.717) is 5.02 Å². The molecule has 0 bridgehead atoms. The van der Waals surface area contributed by atoms with Crippen molar-refractivity contribution in [3.8, 4) is 5.75 Å². The van der Waals surface area contributed by atoms with Crippen molar-refractivity contribution in [2.45, 2.75) is 36.6 Å². The molecule has 2 aromatic carbocycles. The van der Waals surface area contributed by atoms with Crippen LogP contribution in [0.25, 0.3) is 0 Å². The largest absolute Gasteiger partial charge is 0.497 e. The molecule has 4 rings (SSSR count). The summed E-state index contributed by atoms with van der Waals surface area (Å²) in [6.45, 7) is 0. The number of sulfonamides is 1. The van der Waals surface area contributed by atoms with Gasteiger partial charge >= 0.3 is 0 Å². The lowest BCUT2D eigenvalue weighted by Crippen LogP contribution is -2.50. The molecule has 1 atom stereocenters. The number of allylic oxidation sites excluding steroid dienone is 1. The highest BCUT2D eigenvalue weighted by atomic mass is 35.5. The molecule has 0 fully saturated rings. The Bertz CT molecular complexity index is 1060. The van der Waals surface area contributed by atoms with Gasteiger partial charge in [0.1, 0.15) is 5.75 Å². The van der Waals surface area contributed by atoms with E-state index in [-0.39, 0.29) is 10.0 Å². The molecule has 0 aromatic heterocycles. The SMILES string of the molecule is COc1ccc(C2C3=C(CCCC3)NC(=S)N2S(=O)(=O)c2ccc(Cl)cc2)cc1. The molecule has 1 N–H and O–H groups in total. The van der Waals surface area contributed by atoms with Crippen LogP contribution in [0.1, 0.15) is 37.3 Å². The Kier molecular flexibility index (Phi) is 5.55. The van der Waals surface area contributed by atoms with Crippen molar-refractivity contribution >= 4 is 39.0 Å². The maximum absolute atomic E-state index is 13.6. The van der Waals surface area contributed by atoms with E-state index < -0.39 is 16.1 Å². The molecule has 0 radical (unpaired) electrons. The van der Waals surface area contributed by atoms with Gasteiger partial charge in [0.15, 0.2) is 5.11 Å². The summed E-state index contributed by atoms with van der Waals surface area (Å²) >= 11 is 11.5. The summed E-state index contributed by atoms with van der Waals surface area (Å²) in [5.41, 5.74) is 2.98. The minimum atomic E-state index is -3.89. The first-order valence-electron chi connectivity index (χ1n) is 9.38. The Morgan fingerprint density at radius 1 is 1.07 bits per heavy atom. The van der Waals surface area contributed by atoms with Crippen molar-refractivity contribution in [1.82, 2.24) is 9.62 Å². The Morgan fingerprint density at radius 3 is 2.38 bits per heavy atom. The van der Waals surface area contributed by atoms with E-state index in [9.17, 15) is 8.42 Å². The van der Waals surface area contributed by atoms with Crippen LogP contribution in [0.2, 0.25) is 5.02 Å². The van der Waals surface area contributed by atoms with Gasteiger partial charge in [-0.1, -0.05) is 23.7 Å². The zero-order chi connectivity index (χ0) is 20.6. The Balaban J connectivity index is 1.86. The standard InChI is InChI=1S/C21H21ClN2O3S2/c1-27-16-10-6-14(7-11-16)20-18-4-2-3-5-19(18)23-21(28)24(20)29(25,26)17-12-8-15(22)9-13-17/h6-13,20H,2-5H2,1H3,(H,23,28). The average molecular weight is 449 g/mol. The van der Waals surface area contributed by atoms with Gasteiger partial charge in [-0.15, -0.1) is 0 Å². The number of hydrogen-bond donors (Lipinski definition) is 1. The fourth-order valence-electron chi connectivity index (χ4n) is 3.91. The number of nitrogens with one attached hydrogen (secondary N) is 1. The first kappa shape index (κ1) is 20.2. The molecule has 1 heterocycles. The van der Waals surface area contributed by atoms with Gasteiger partial charge in [0.25, 0.3) is 10.0 Å². The summed E-state index contributed by atoms with van der Waals surface area (Å²) in [6, 6.07) is 13.2. The van der Waals surface area contributed by atoms with Gasteiger partial charge in [0.2, 0.25) is 0 Å². The van der Waals surface area contributed by atoms with Crippen LogP contribution >= 0.6 is 23.8 Å². The van der Waals surface area contributed by atoms with E-state index in [1.807, 2.05) is 24.3 Å². The summed E-state index contributed by atoms with van der Waals surface area (Å²) in [5, 5.41) is 3.86. The van der Waals surface area contributed by atoms with Gasteiger partial charge in [-0.05, 0) is 85.4 Å². The highest BCUT2D eigenvalue weighted by molar-refractivity contribution is 7.91. The minimum absolute atomic E-state index is 0.157. The lowest BCUT2D eigenvalue weighted by Gasteiger charge is -2.42. The van der Waals surface area contributed by atoms with Crippen molar-refractivity contribution in [2.75, 3.05) is 7.11 Å². The lowest BCUT2D eigenvalue weighted by atomic mass is 9.86. The molecule has 1 aliphatic heterocycles. The Morgan fingerprint density at radius 2 is 1.72 bits per heavy atom. The predicted octanol–water partition coefficient (Wildman–Crippen LogP) is 4.80. The third-order valence-corrected chi connectivity index (χ3v) is 7.78. The quantitative estimate of drug-likeness (QED) is 0.681. The van der Waals surface area contributed by atoms with Crippen molar-refractivity contribution < 1.29 is 13.2 Å². The highest BCUT2D eigenvalue weighted by Crippen LogP contribution is 2.43. The molecule has 0 saturated heterocycles. The molecule has 29 heavy (non-hydrogen) atoms. The van der Waals surface area contributed by atoms with Crippen LogP contribution in [0.4, 0.5) is 0 Å². The van der Waals surface area contributed by atoms with E-state index in [4.69, 9.17) is 28.6 Å². The molecule has 152 valence electrons. The van der Waals surface area contributed by atoms with Crippen LogP contribution in [0.5, 0.6) is 5.75 Å². The van der Waals surface area contributed by atoms with Gasteiger partial charge < -0.3 is 10.1 Å². The number of nitrogens with zero attached hydrogens (tertiary/aromatic N) is 1. The van der Waals surface area contributed by atoms with Crippen LogP contribution in [0, 0.1) is 0 Å². The van der Waals surface area contributed by atoms with Gasteiger partial charge in [-0.25, -0.2) is 12.7 Å². The van der Waals surface area contributed by atoms with E-state index in [1.54, 1.807) is 19.2 Å². The second-order valence-corrected chi connectivity index (χ2v) is 9.71. The van der Waals surface area contributed by atoms with E-state index in [1.165, 1.54) is 16.4 Å². The lowest BCUT2D eigenvalue weighted by molar-refractivity contribution is 0.412. The normalized spacial score (nSPS) is 19.6. The highest BCUT2D eigenvalue weighted by Gasteiger charge is 2.41. The third kappa shape index (κ3) is 3.74. The molecule has 5 nitrogen and oxygen atoms in total. The fourth-order valence-corrected chi connectivity index (χ4v) is 6.05. The number of rotatable bonds is 4. The predicted molar refractivity (Wildman–Crippen MR) is 117 cm³/mol. The average Bonchev–Trinajstić information content (AvgIpc) is 2.73. The van der Waals surface area contributed by atoms with Gasteiger partial charge in [0.05, 0.1) is 18.0 Å². The number of methoxy groups -OCH3 is 1. The number of hydrogen-bond acceptors (Lipinski definition) is 4. The third-order valence-electron chi connectivity index (χ3n) is 5.34. The number of ether oxygens (including phenoxy) is 1. The fraction of sp³-hybridized carbons (Fsp3) is 0.286. The summed E-state index contributed by atoms with van der Waals surface area (Å²) in [7, 11) is -2.28. The minimum Gasteiger partial charge on any atom is -0.497 e. The number of benzene rings is 2. The zero-order valence-electron chi connectivity index (χ0n) is 15.9. The van der Waals surface area contributed by atoms with E-state index in [0.717, 1.165) is 48.3 Å². The number of halogens is 1. The maximum atomic E-state index is 13.6. The second kappa shape index (κ2) is 7.97. The van der Waals surface area contributed by atoms with Crippen LogP contribution in [0.3, 0.4) is 0 Å². The Labute approximate surface area is 181 Å². The summed E-state index contributed by atoms with van der Waals surface area (Å²) in [5.74, 6) is 0.718. The van der Waals surface area contributed by atoms with Gasteiger partial charge in [-0.3, -0.25) is 0 Å². The van der Waals surface area contributed by atoms with Crippen molar-refractivity contribution in [2.24, 2.45) is 0 Å². The monoisotopic (exact) mass is 448 g/mol. The van der Waals surface area contributed by atoms with E-state index >= 15 is 0 Å².